The second kappa shape index (κ2) is 11.0. The highest BCUT2D eigenvalue weighted by molar-refractivity contribution is 5.78. The summed E-state index contributed by atoms with van der Waals surface area (Å²) in [6.45, 7) is 6.80. The maximum atomic E-state index is 12.5. The van der Waals surface area contributed by atoms with Crippen molar-refractivity contribution in [2.45, 2.75) is 58.8 Å². The van der Waals surface area contributed by atoms with E-state index < -0.39 is 0 Å². The molecular weight excluding hydrogens is 324 g/mol. The number of unbranched alkanes of at least 4 members (excludes halogenated alkanes) is 2. The van der Waals surface area contributed by atoms with Gasteiger partial charge in [-0.05, 0) is 37.2 Å². The van der Waals surface area contributed by atoms with Crippen LogP contribution in [-0.2, 0) is 16.0 Å². The van der Waals surface area contributed by atoms with Crippen molar-refractivity contribution in [3.63, 3.8) is 0 Å². The van der Waals surface area contributed by atoms with Gasteiger partial charge in [0.1, 0.15) is 0 Å². The third-order valence-corrected chi connectivity index (χ3v) is 5.41. The molecule has 0 atom stereocenters. The van der Waals surface area contributed by atoms with E-state index in [1.165, 1.54) is 5.56 Å². The smallest absolute Gasteiger partial charge is 0.224 e. The first-order valence-corrected chi connectivity index (χ1v) is 10.2. The van der Waals surface area contributed by atoms with Gasteiger partial charge in [-0.15, -0.1) is 0 Å². The number of nitrogens with zero attached hydrogens (tertiary/aromatic N) is 2. The predicted molar refractivity (Wildman–Crippen MR) is 106 cm³/mol. The summed E-state index contributed by atoms with van der Waals surface area (Å²) in [6, 6.07) is 10.6. The average Bonchev–Trinajstić information content (AvgIpc) is 2.65. The van der Waals surface area contributed by atoms with Gasteiger partial charge in [0.2, 0.25) is 11.8 Å². The van der Waals surface area contributed by atoms with Gasteiger partial charge in [-0.25, -0.2) is 0 Å². The second-order valence-corrected chi connectivity index (χ2v) is 7.48. The van der Waals surface area contributed by atoms with Crippen LogP contribution in [0.1, 0.15) is 57.9 Å². The van der Waals surface area contributed by atoms with E-state index in [0.717, 1.165) is 58.2 Å². The summed E-state index contributed by atoms with van der Waals surface area (Å²) in [5.41, 5.74) is 1.39. The van der Waals surface area contributed by atoms with Gasteiger partial charge in [-0.1, -0.05) is 50.1 Å². The lowest BCUT2D eigenvalue weighted by molar-refractivity contribution is -0.134. The van der Waals surface area contributed by atoms with Crippen LogP contribution in [0.5, 0.6) is 0 Å². The quantitative estimate of drug-likeness (QED) is 0.628. The molecule has 1 aliphatic rings. The van der Waals surface area contributed by atoms with Crippen molar-refractivity contribution in [1.29, 1.82) is 0 Å². The first kappa shape index (κ1) is 20.5. The Hall–Kier alpha value is -1.84. The molecule has 2 amide bonds. The van der Waals surface area contributed by atoms with E-state index in [2.05, 4.69) is 37.3 Å². The minimum Gasteiger partial charge on any atom is -0.343 e. The maximum Gasteiger partial charge on any atom is 0.224 e. The molecule has 1 saturated heterocycles. The summed E-state index contributed by atoms with van der Waals surface area (Å²) in [6.07, 6.45) is 7.01. The van der Waals surface area contributed by atoms with Crippen LogP contribution in [-0.4, -0.2) is 47.8 Å². The molecule has 0 spiro atoms. The second-order valence-electron chi connectivity index (χ2n) is 7.48. The molecule has 0 aromatic heterocycles. The molecule has 1 fully saturated rings. The Labute approximate surface area is 158 Å². The molecule has 1 heterocycles. The molecule has 4 heteroatoms. The van der Waals surface area contributed by atoms with Gasteiger partial charge in [0.15, 0.2) is 0 Å². The Bertz CT molecular complexity index is 551. The lowest BCUT2D eigenvalue weighted by atomic mass is 9.90. The summed E-state index contributed by atoms with van der Waals surface area (Å²) in [5, 5.41) is 0. The number of hydrogen-bond acceptors (Lipinski definition) is 2. The van der Waals surface area contributed by atoms with Crippen LogP contribution in [0.4, 0.5) is 0 Å². The van der Waals surface area contributed by atoms with Crippen LogP contribution in [0.2, 0.25) is 0 Å². The molecule has 0 bridgehead atoms. The fourth-order valence-electron chi connectivity index (χ4n) is 3.70. The fourth-order valence-corrected chi connectivity index (χ4v) is 3.70. The number of amides is 2. The number of carbonyl (C=O) groups is 2. The molecule has 1 aliphatic heterocycles. The molecule has 1 aromatic rings. The Morgan fingerprint density at radius 1 is 1.08 bits per heavy atom. The molecule has 4 nitrogen and oxygen atoms in total. The first-order valence-electron chi connectivity index (χ1n) is 10.2. The molecule has 0 saturated carbocycles. The summed E-state index contributed by atoms with van der Waals surface area (Å²) in [4.78, 5) is 28.1. The number of carbonyl (C=O) groups excluding carboxylic acids is 2. The minimum absolute atomic E-state index is 0.0791. The van der Waals surface area contributed by atoms with Crippen LogP contribution in [0.25, 0.3) is 0 Å². The van der Waals surface area contributed by atoms with Crippen LogP contribution in [0, 0.1) is 5.92 Å². The summed E-state index contributed by atoms with van der Waals surface area (Å²) in [7, 11) is 0. The number of rotatable bonds is 9. The topological polar surface area (TPSA) is 40.6 Å². The third-order valence-electron chi connectivity index (χ3n) is 5.41. The van der Waals surface area contributed by atoms with Crippen LogP contribution in [0.15, 0.2) is 30.3 Å². The highest BCUT2D eigenvalue weighted by Gasteiger charge is 2.23. The Morgan fingerprint density at radius 3 is 2.38 bits per heavy atom. The average molecular weight is 359 g/mol. The lowest BCUT2D eigenvalue weighted by Gasteiger charge is -2.32. The van der Waals surface area contributed by atoms with E-state index in [0.29, 0.717) is 18.9 Å². The van der Waals surface area contributed by atoms with E-state index >= 15 is 0 Å². The Morgan fingerprint density at radius 2 is 1.77 bits per heavy atom. The third kappa shape index (κ3) is 6.81. The summed E-state index contributed by atoms with van der Waals surface area (Å²) < 4.78 is 0. The van der Waals surface area contributed by atoms with Crippen molar-refractivity contribution in [3.8, 4) is 0 Å². The van der Waals surface area contributed by atoms with E-state index in [4.69, 9.17) is 0 Å². The zero-order chi connectivity index (χ0) is 18.8. The molecule has 0 aliphatic carbocycles. The van der Waals surface area contributed by atoms with E-state index in [-0.39, 0.29) is 11.8 Å². The first-order chi connectivity index (χ1) is 12.6. The van der Waals surface area contributed by atoms with E-state index in [1.54, 1.807) is 6.92 Å². The molecule has 0 N–H and O–H groups in total. The Balaban J connectivity index is 1.71. The van der Waals surface area contributed by atoms with Crippen LogP contribution >= 0.6 is 0 Å². The van der Waals surface area contributed by atoms with Crippen molar-refractivity contribution in [1.82, 2.24) is 9.80 Å². The van der Waals surface area contributed by atoms with Crippen LogP contribution in [0.3, 0.4) is 0 Å². The highest BCUT2D eigenvalue weighted by Crippen LogP contribution is 2.22. The van der Waals surface area contributed by atoms with Crippen LogP contribution < -0.4 is 0 Å². The molecule has 26 heavy (non-hydrogen) atoms. The van der Waals surface area contributed by atoms with Gasteiger partial charge in [-0.2, -0.15) is 0 Å². The van der Waals surface area contributed by atoms with Gasteiger partial charge < -0.3 is 9.80 Å². The van der Waals surface area contributed by atoms with E-state index in [9.17, 15) is 9.59 Å². The van der Waals surface area contributed by atoms with Gasteiger partial charge in [0.05, 0.1) is 0 Å². The van der Waals surface area contributed by atoms with E-state index in [1.807, 2.05) is 9.80 Å². The predicted octanol–water partition coefficient (Wildman–Crippen LogP) is 3.90. The standard InChI is InChI=1S/C22H34N2O2/c1-3-4-8-14-23(19(2)25)17-13-22(26)24-15-11-21(12-16-24)18-20-9-6-5-7-10-20/h5-7,9-10,21H,3-4,8,11-18H2,1-2H3. The highest BCUT2D eigenvalue weighted by atomic mass is 16.2. The van der Waals surface area contributed by atoms with Gasteiger partial charge >= 0.3 is 0 Å². The number of likely N-dealkylation sites (tertiary alicyclic amines) is 1. The molecular formula is C22H34N2O2. The number of hydrogen-bond donors (Lipinski definition) is 0. The Kier molecular flexibility index (Phi) is 8.66. The van der Waals surface area contributed by atoms with Crippen molar-refractivity contribution in [2.75, 3.05) is 26.2 Å². The summed E-state index contributed by atoms with van der Waals surface area (Å²) in [5.74, 6) is 0.949. The molecule has 0 radical (unpaired) electrons. The monoisotopic (exact) mass is 358 g/mol. The normalized spacial score (nSPS) is 15.1. The number of piperidine rings is 1. The van der Waals surface area contributed by atoms with Crippen molar-refractivity contribution in [3.05, 3.63) is 35.9 Å². The largest absolute Gasteiger partial charge is 0.343 e. The molecule has 1 aromatic carbocycles. The maximum absolute atomic E-state index is 12.5. The minimum atomic E-state index is 0.0791. The summed E-state index contributed by atoms with van der Waals surface area (Å²) >= 11 is 0. The SMILES string of the molecule is CCCCCN(CCC(=O)N1CCC(Cc2ccccc2)CC1)C(C)=O. The zero-order valence-electron chi connectivity index (χ0n) is 16.5. The van der Waals surface area contributed by atoms with Crippen molar-refractivity contribution < 1.29 is 9.59 Å². The van der Waals surface area contributed by atoms with Crippen molar-refractivity contribution >= 4 is 11.8 Å². The fraction of sp³-hybridized carbons (Fsp3) is 0.636. The molecule has 0 unspecified atom stereocenters. The van der Waals surface area contributed by atoms with Gasteiger partial charge in [-0.3, -0.25) is 9.59 Å². The molecule has 144 valence electrons. The number of benzene rings is 1. The van der Waals surface area contributed by atoms with Gasteiger partial charge in [0.25, 0.3) is 0 Å². The zero-order valence-corrected chi connectivity index (χ0v) is 16.5. The molecule has 2 rings (SSSR count). The lowest BCUT2D eigenvalue weighted by Crippen LogP contribution is -2.41. The van der Waals surface area contributed by atoms with Crippen molar-refractivity contribution in [2.24, 2.45) is 5.92 Å². The van der Waals surface area contributed by atoms with Gasteiger partial charge in [0, 0.05) is 39.5 Å².